The minimum absolute atomic E-state index is 0.00700. The summed E-state index contributed by atoms with van der Waals surface area (Å²) in [5.74, 6) is -2.44. The van der Waals surface area contributed by atoms with Gasteiger partial charge in [-0.3, -0.25) is 42.4 Å². The molecule has 4 saturated heterocycles. The molecule has 2 aromatic rings. The van der Waals surface area contributed by atoms with Gasteiger partial charge < -0.3 is 34.2 Å². The summed E-state index contributed by atoms with van der Waals surface area (Å²) in [7, 11) is -5.59. The van der Waals surface area contributed by atoms with Gasteiger partial charge in [-0.1, -0.05) is 6.07 Å². The van der Waals surface area contributed by atoms with Gasteiger partial charge in [0.2, 0.25) is 31.3 Å². The van der Waals surface area contributed by atoms with Crippen molar-refractivity contribution in [1.82, 2.24) is 20.0 Å². The van der Waals surface area contributed by atoms with Crippen molar-refractivity contribution in [2.24, 2.45) is 28.6 Å². The van der Waals surface area contributed by atoms with E-state index in [0.29, 0.717) is 69.3 Å². The number of esters is 2. The number of thiophene rings is 1. The molecule has 1 N–H and O–H groups in total. The van der Waals surface area contributed by atoms with Gasteiger partial charge in [-0.25, -0.2) is 0 Å². The number of rotatable bonds is 12. The predicted molar refractivity (Wildman–Crippen MR) is 220 cm³/mol. The summed E-state index contributed by atoms with van der Waals surface area (Å²) in [6, 6.07) is 2.95. The molecule has 0 radical (unpaired) electrons. The summed E-state index contributed by atoms with van der Waals surface area (Å²) in [5.41, 5.74) is -7.24. The topological polar surface area (TPSA) is 187 Å². The highest BCUT2D eigenvalue weighted by Crippen LogP contribution is 2.67. The number of halogens is 2. The van der Waals surface area contributed by atoms with E-state index in [-0.39, 0.29) is 45.9 Å². The molecule has 62 heavy (non-hydrogen) atoms. The second-order valence-electron chi connectivity index (χ2n) is 18.9. The smallest absolute Gasteiger partial charge is 0.410 e. The van der Waals surface area contributed by atoms with Crippen molar-refractivity contribution >= 4 is 64.6 Å². The Morgan fingerprint density at radius 2 is 1.45 bits per heavy atom. The van der Waals surface area contributed by atoms with E-state index < -0.39 is 73.2 Å². The van der Waals surface area contributed by atoms with Gasteiger partial charge in [0.15, 0.2) is 0 Å². The number of amides is 4. The molecule has 20 heteroatoms. The van der Waals surface area contributed by atoms with Crippen LogP contribution in [-0.2, 0) is 57.5 Å². The van der Waals surface area contributed by atoms with Crippen LogP contribution in [0.3, 0.4) is 0 Å². The van der Waals surface area contributed by atoms with E-state index in [2.05, 4.69) is 5.32 Å². The number of morpholine rings is 1. The summed E-state index contributed by atoms with van der Waals surface area (Å²) in [5, 5.41) is 3.09. The van der Waals surface area contributed by atoms with Crippen LogP contribution in [0.15, 0.2) is 24.3 Å². The summed E-state index contributed by atoms with van der Waals surface area (Å²) in [6.45, 7) is 9.46. The van der Waals surface area contributed by atoms with Crippen LogP contribution < -0.4 is 5.32 Å². The first-order chi connectivity index (χ1) is 29.1. The zero-order valence-corrected chi connectivity index (χ0v) is 37.5. The third-order valence-electron chi connectivity index (χ3n) is 12.2. The highest BCUT2D eigenvalue weighted by Gasteiger charge is 2.56. The van der Waals surface area contributed by atoms with Crippen LogP contribution in [0.4, 0.5) is 8.78 Å². The van der Waals surface area contributed by atoms with Gasteiger partial charge >= 0.3 is 25.2 Å². The second-order valence-corrected chi connectivity index (χ2v) is 22.0. The molecule has 7 rings (SSSR count). The van der Waals surface area contributed by atoms with Crippen molar-refractivity contribution < 1.29 is 65.4 Å². The molecule has 16 nitrogen and oxygen atoms in total. The average Bonchev–Trinajstić information content (AvgIpc) is 3.55. The van der Waals surface area contributed by atoms with Crippen molar-refractivity contribution in [2.75, 3.05) is 53.0 Å². The maximum absolute atomic E-state index is 16.3. The van der Waals surface area contributed by atoms with E-state index in [1.165, 1.54) is 53.7 Å². The lowest BCUT2D eigenvalue weighted by atomic mass is 9.96. The van der Waals surface area contributed by atoms with Crippen molar-refractivity contribution in [3.05, 3.63) is 34.7 Å². The number of carbonyl (C=O) groups excluding carboxylic acids is 6. The normalized spacial score (nSPS) is 24.7. The van der Waals surface area contributed by atoms with Gasteiger partial charge in [0.1, 0.15) is 12.1 Å². The standard InChI is InChI=1S/C42H55F2N4O12PS/c1-40(2,3)38(53)57-22-59-61(55,60-23-58-39(54)41(4,5)6)42(43,44)28-7-10-32-26(16-28)19-33(62-32)34(49)45-30-18-25-15-24(25)17-29-8-9-31(48(29)36(30)51)37(52)47-20-27(21-47)35(50)46-11-13-56-14-12-46/h7,10,16,19,24-25,27,29-31H,8-9,11-15,17-18,20-23H2,1-6H3,(H,45,49)/t24-,25+,29-,30+,31+/m1/s1. The molecular formula is C42H55F2N4O12PS. The quantitative estimate of drug-likeness (QED) is 0.161. The van der Waals surface area contributed by atoms with Gasteiger partial charge in [-0.05, 0) is 109 Å². The third-order valence-corrected chi connectivity index (χ3v) is 15.1. The molecule has 0 spiro atoms. The largest absolute Gasteiger partial charge is 0.438 e. The van der Waals surface area contributed by atoms with Crippen molar-refractivity contribution in [1.29, 1.82) is 0 Å². The Balaban J connectivity index is 1.04. The number of nitrogens with zero attached hydrogens (tertiary/aromatic N) is 3. The maximum Gasteiger partial charge on any atom is 0.410 e. The Labute approximate surface area is 362 Å². The van der Waals surface area contributed by atoms with E-state index in [1.54, 1.807) is 14.7 Å². The molecule has 0 bridgehead atoms. The second kappa shape index (κ2) is 17.5. The molecule has 5 fully saturated rings. The number of hydrogen-bond acceptors (Lipinski definition) is 13. The van der Waals surface area contributed by atoms with E-state index in [0.717, 1.165) is 36.3 Å². The number of carbonyl (C=O) groups is 6. The fourth-order valence-corrected chi connectivity index (χ4v) is 10.5. The van der Waals surface area contributed by atoms with Crippen molar-refractivity contribution in [3.8, 4) is 0 Å². The van der Waals surface area contributed by atoms with Gasteiger partial charge in [-0.2, -0.15) is 8.78 Å². The summed E-state index contributed by atoms with van der Waals surface area (Å²) < 4.78 is 72.1. The molecule has 5 aliphatic rings. The first-order valence-electron chi connectivity index (χ1n) is 21.0. The lowest BCUT2D eigenvalue weighted by Gasteiger charge is -2.44. The summed E-state index contributed by atoms with van der Waals surface area (Å²) in [6.07, 6.45) is 3.24. The number of fused-ring (bicyclic) bond motifs is 3. The third kappa shape index (κ3) is 9.57. The van der Waals surface area contributed by atoms with Gasteiger partial charge in [0.25, 0.3) is 5.91 Å². The summed E-state index contributed by atoms with van der Waals surface area (Å²) >= 11 is 1.01. The Morgan fingerprint density at radius 1 is 0.839 bits per heavy atom. The fourth-order valence-electron chi connectivity index (χ4n) is 8.36. The molecule has 5 atom stereocenters. The Morgan fingerprint density at radius 3 is 2.06 bits per heavy atom. The average molecular weight is 909 g/mol. The fraction of sp³-hybridized carbons (Fsp3) is 0.667. The Kier molecular flexibility index (Phi) is 13.0. The number of benzene rings is 1. The molecule has 0 unspecified atom stereocenters. The highest BCUT2D eigenvalue weighted by atomic mass is 32.1. The van der Waals surface area contributed by atoms with Crippen LogP contribution in [-0.4, -0.2) is 121 Å². The molecule has 4 amide bonds. The number of likely N-dealkylation sites (tertiary alicyclic amines) is 1. The highest BCUT2D eigenvalue weighted by molar-refractivity contribution is 7.54. The molecule has 1 aliphatic carbocycles. The van der Waals surface area contributed by atoms with Crippen molar-refractivity contribution in [3.63, 3.8) is 0 Å². The lowest BCUT2D eigenvalue weighted by Crippen LogP contribution is -2.62. The number of hydrogen-bond donors (Lipinski definition) is 1. The lowest BCUT2D eigenvalue weighted by molar-refractivity contribution is -0.163. The zero-order valence-electron chi connectivity index (χ0n) is 35.8. The Hall–Kier alpha value is -4.03. The minimum atomic E-state index is -5.59. The SMILES string of the molecule is CC(C)(C)C(=O)OCOP(=O)(OCOC(=O)C(C)(C)C)C(F)(F)c1ccc2sc(C(=O)N[C@H]3C[C@@H]4C[C@@H]4C[C@H]4CC[C@@H](C(=O)N5CC(C(=O)N6CCOCC6)C5)N4C3=O)cc2c1. The zero-order chi connectivity index (χ0) is 44.9. The van der Waals surface area contributed by atoms with Crippen LogP contribution >= 0.6 is 18.9 Å². The molecule has 1 aromatic carbocycles. The summed E-state index contributed by atoms with van der Waals surface area (Å²) in [4.78, 5) is 84.9. The minimum Gasteiger partial charge on any atom is -0.438 e. The monoisotopic (exact) mass is 908 g/mol. The van der Waals surface area contributed by atoms with Gasteiger partial charge in [-0.15, -0.1) is 11.3 Å². The van der Waals surface area contributed by atoms with E-state index in [4.69, 9.17) is 23.3 Å². The van der Waals surface area contributed by atoms with Gasteiger partial charge in [0, 0.05) is 42.5 Å². The molecule has 340 valence electrons. The number of nitrogens with one attached hydrogen (secondary N) is 1. The first kappa shape index (κ1) is 46.0. The number of ether oxygens (including phenoxy) is 3. The molecule has 4 aliphatic heterocycles. The van der Waals surface area contributed by atoms with E-state index in [9.17, 15) is 33.3 Å². The van der Waals surface area contributed by atoms with Crippen LogP contribution in [0.5, 0.6) is 0 Å². The van der Waals surface area contributed by atoms with Crippen LogP contribution in [0, 0.1) is 28.6 Å². The van der Waals surface area contributed by atoms with E-state index >= 15 is 8.78 Å². The number of alkyl halides is 2. The maximum atomic E-state index is 16.3. The molecule has 1 aromatic heterocycles. The van der Waals surface area contributed by atoms with Crippen LogP contribution in [0.25, 0.3) is 10.1 Å². The molecule has 5 heterocycles. The van der Waals surface area contributed by atoms with Crippen LogP contribution in [0.2, 0.25) is 0 Å². The predicted octanol–water partition coefficient (Wildman–Crippen LogP) is 5.48. The van der Waals surface area contributed by atoms with Crippen molar-refractivity contribution in [2.45, 2.75) is 97.4 Å². The molecular weight excluding hydrogens is 854 g/mol. The first-order valence-corrected chi connectivity index (χ1v) is 23.4. The Bertz CT molecular complexity index is 2110. The van der Waals surface area contributed by atoms with Crippen LogP contribution in [0.1, 0.15) is 88.9 Å². The molecule has 1 saturated carbocycles. The van der Waals surface area contributed by atoms with Gasteiger partial charge in [0.05, 0.1) is 34.8 Å². The van der Waals surface area contributed by atoms with E-state index in [1.807, 2.05) is 0 Å².